The van der Waals surface area contributed by atoms with Gasteiger partial charge in [0.25, 0.3) is 0 Å². The summed E-state index contributed by atoms with van der Waals surface area (Å²) in [6.07, 6.45) is 3.30. The predicted molar refractivity (Wildman–Crippen MR) is 136 cm³/mol. The van der Waals surface area contributed by atoms with E-state index < -0.39 is 0 Å². The number of ether oxygens (including phenoxy) is 1. The van der Waals surface area contributed by atoms with E-state index in [-0.39, 0.29) is 34.0 Å². The van der Waals surface area contributed by atoms with Gasteiger partial charge in [0, 0.05) is 52.6 Å². The summed E-state index contributed by atoms with van der Waals surface area (Å²) in [7, 11) is 1.62. The largest absolute Gasteiger partial charge is 0.497 e. The van der Waals surface area contributed by atoms with Crippen LogP contribution in [0.5, 0.6) is 5.75 Å². The van der Waals surface area contributed by atoms with Crippen LogP contribution < -0.4 is 20.9 Å². The molecule has 0 bridgehead atoms. The molecule has 1 heterocycles. The number of nitrogens with zero attached hydrogens (tertiary/aromatic N) is 4. The summed E-state index contributed by atoms with van der Waals surface area (Å²) >= 11 is 6.65. The molecule has 2 rings (SSSR count). The average molecular weight is 704 g/mol. The fourth-order valence-electron chi connectivity index (χ4n) is 2.45. The van der Waals surface area contributed by atoms with Crippen molar-refractivity contribution in [3.8, 4) is 17.1 Å². The molecule has 12 heteroatoms. The maximum Gasteiger partial charge on any atom is 0.186 e. The monoisotopic (exact) mass is 703 g/mol. The molecular formula is C20H31N7O2S2U. The number of rotatable bonds is 8. The second kappa shape index (κ2) is 15.1. The number of hydrogen-bond donors (Lipinski definition) is 3. The quantitative estimate of drug-likeness (QED) is 0.165. The van der Waals surface area contributed by atoms with Crippen molar-refractivity contribution < 1.29 is 43.1 Å². The number of thioether (sulfide) groups is 1. The van der Waals surface area contributed by atoms with Gasteiger partial charge in [-0.05, 0) is 63.5 Å². The molecule has 9 nitrogen and oxygen atoms in total. The van der Waals surface area contributed by atoms with Gasteiger partial charge in [-0.15, -0.1) is 0 Å². The van der Waals surface area contributed by atoms with Gasteiger partial charge in [0.05, 0.1) is 12.8 Å². The zero-order valence-electron chi connectivity index (χ0n) is 18.7. The minimum atomic E-state index is 0. The fraction of sp³-hybridized carbons (Fsp3) is 0.350. The maximum absolute atomic E-state index is 5.69. The summed E-state index contributed by atoms with van der Waals surface area (Å²) in [5.74, 6) is 1.31. The summed E-state index contributed by atoms with van der Waals surface area (Å²) in [5, 5.41) is 13.0. The van der Waals surface area contributed by atoms with Crippen LogP contribution >= 0.6 is 24.0 Å². The Balaban J connectivity index is 0. The summed E-state index contributed by atoms with van der Waals surface area (Å²) in [5.41, 5.74) is 8.23. The van der Waals surface area contributed by atoms with E-state index in [0.29, 0.717) is 46.2 Å². The molecule has 0 fully saturated rings. The molecule has 0 spiro atoms. The van der Waals surface area contributed by atoms with Gasteiger partial charge in [0.15, 0.2) is 22.4 Å². The SMILES string of the molecule is CCN=C(N/N=C(/C(C)=N/NC(=S)NCC)c1ncoc1-c1ccc(OC)cc1)SC.[HH].[HH].[U]. The first-order valence-corrected chi connectivity index (χ1v) is 11.3. The van der Waals surface area contributed by atoms with Gasteiger partial charge < -0.3 is 14.5 Å². The molecule has 0 radical (unpaired) electrons. The van der Waals surface area contributed by atoms with Crippen molar-refractivity contribution in [2.45, 2.75) is 20.8 Å². The number of thiocarbonyl (C=S) groups is 1. The third-order valence-electron chi connectivity index (χ3n) is 3.91. The molecule has 0 amide bonds. The van der Waals surface area contributed by atoms with E-state index in [1.54, 1.807) is 7.11 Å². The number of oxazole rings is 1. The zero-order chi connectivity index (χ0) is 22.6. The van der Waals surface area contributed by atoms with Gasteiger partial charge in [0.1, 0.15) is 17.2 Å². The molecule has 0 saturated carbocycles. The van der Waals surface area contributed by atoms with Gasteiger partial charge in [-0.2, -0.15) is 10.2 Å². The molecule has 0 saturated heterocycles. The van der Waals surface area contributed by atoms with Crippen molar-refractivity contribution in [1.82, 2.24) is 21.2 Å². The van der Waals surface area contributed by atoms with Crippen LogP contribution in [-0.2, 0) is 0 Å². The number of nitrogens with one attached hydrogen (secondary N) is 3. The van der Waals surface area contributed by atoms with Gasteiger partial charge in [0.2, 0.25) is 0 Å². The summed E-state index contributed by atoms with van der Waals surface area (Å²) in [6, 6.07) is 7.50. The molecular weight excluding hydrogens is 672 g/mol. The smallest absolute Gasteiger partial charge is 0.186 e. The standard InChI is InChI=1S/C20H27N7O2S2.U.2H2/c1-6-21-19(30)26-24-13(3)16(25-27-20(31-5)22-7-2)17-18(29-12-23-17)14-8-10-15(28-4)11-9-14;;;/h8-12H,6-7H2,1-5H3,(H,22,27)(H2,21,26,30);;2*1H/b24-13+,25-16-;;;. The van der Waals surface area contributed by atoms with Crippen LogP contribution in [0.4, 0.5) is 0 Å². The Morgan fingerprint density at radius 2 is 1.94 bits per heavy atom. The Morgan fingerprint density at radius 3 is 2.53 bits per heavy atom. The first kappa shape index (κ1) is 28.2. The first-order valence-electron chi connectivity index (χ1n) is 9.62. The van der Waals surface area contributed by atoms with Crippen molar-refractivity contribution >= 4 is 45.7 Å². The van der Waals surface area contributed by atoms with Crippen molar-refractivity contribution in [2.24, 2.45) is 15.2 Å². The number of hydrogen-bond acceptors (Lipinski definition) is 8. The zero-order valence-corrected chi connectivity index (χ0v) is 24.5. The van der Waals surface area contributed by atoms with Crippen LogP contribution in [0, 0.1) is 31.1 Å². The maximum atomic E-state index is 5.69. The van der Waals surface area contributed by atoms with E-state index >= 15 is 0 Å². The molecule has 174 valence electrons. The first-order chi connectivity index (χ1) is 15.0. The van der Waals surface area contributed by atoms with Crippen LogP contribution in [0.25, 0.3) is 11.3 Å². The molecule has 0 atom stereocenters. The molecule has 32 heavy (non-hydrogen) atoms. The third kappa shape index (κ3) is 8.24. The van der Waals surface area contributed by atoms with Crippen LogP contribution in [-0.4, -0.2) is 53.1 Å². The molecule has 0 aliphatic carbocycles. The normalized spacial score (nSPS) is 12.1. The molecule has 3 N–H and O–H groups in total. The van der Waals surface area contributed by atoms with Crippen LogP contribution in [0.15, 0.2) is 50.3 Å². The minimum absolute atomic E-state index is 0. The van der Waals surface area contributed by atoms with Crippen LogP contribution in [0.2, 0.25) is 0 Å². The topological polar surface area (TPSA) is 108 Å². The number of aromatic nitrogens is 1. The number of aliphatic imine (C=N–C) groups is 1. The number of amidine groups is 1. The molecule has 2 aromatic rings. The van der Waals surface area contributed by atoms with Gasteiger partial charge >= 0.3 is 0 Å². The molecule has 0 aliphatic heterocycles. The van der Waals surface area contributed by atoms with Crippen LogP contribution in [0.3, 0.4) is 0 Å². The second-order valence-electron chi connectivity index (χ2n) is 5.98. The summed E-state index contributed by atoms with van der Waals surface area (Å²) in [4.78, 5) is 8.77. The average Bonchev–Trinajstić information content (AvgIpc) is 3.26. The van der Waals surface area contributed by atoms with Crippen molar-refractivity contribution in [1.29, 1.82) is 0 Å². The van der Waals surface area contributed by atoms with Crippen molar-refractivity contribution in [3.63, 3.8) is 0 Å². The number of benzene rings is 1. The Bertz CT molecular complexity index is 970. The van der Waals surface area contributed by atoms with Crippen molar-refractivity contribution in [3.05, 3.63) is 36.4 Å². The fourth-order valence-corrected chi connectivity index (χ4v) is 3.03. The van der Waals surface area contributed by atoms with E-state index in [1.807, 2.05) is 51.3 Å². The Hall–Kier alpha value is -1.87. The number of methoxy groups -OCH3 is 1. The molecule has 1 aromatic carbocycles. The van der Waals surface area contributed by atoms with Crippen LogP contribution in [0.1, 0.15) is 29.3 Å². The Morgan fingerprint density at radius 1 is 1.22 bits per heavy atom. The van der Waals surface area contributed by atoms with Crippen molar-refractivity contribution in [2.75, 3.05) is 26.5 Å². The Kier molecular flexibility index (Phi) is 13.3. The summed E-state index contributed by atoms with van der Waals surface area (Å²) in [6.45, 7) is 7.05. The number of hydrazone groups is 2. The predicted octanol–water partition coefficient (Wildman–Crippen LogP) is 3.73. The molecule has 1 aromatic heterocycles. The van der Waals surface area contributed by atoms with E-state index in [1.165, 1.54) is 18.2 Å². The second-order valence-corrected chi connectivity index (χ2v) is 7.19. The van der Waals surface area contributed by atoms with E-state index in [0.717, 1.165) is 11.3 Å². The van der Waals surface area contributed by atoms with Gasteiger partial charge in [-0.1, -0.05) is 11.8 Å². The Labute approximate surface area is 224 Å². The van der Waals surface area contributed by atoms with Gasteiger partial charge in [-0.25, -0.2) is 4.98 Å². The van der Waals surface area contributed by atoms with Gasteiger partial charge in [-0.3, -0.25) is 15.8 Å². The molecule has 0 unspecified atom stereocenters. The third-order valence-corrected chi connectivity index (χ3v) is 4.75. The van der Waals surface area contributed by atoms with E-state index in [9.17, 15) is 0 Å². The molecule has 0 aliphatic rings. The summed E-state index contributed by atoms with van der Waals surface area (Å²) < 4.78 is 10.9. The minimum Gasteiger partial charge on any atom is -0.497 e. The van der Waals surface area contributed by atoms with E-state index in [4.69, 9.17) is 21.4 Å². The van der Waals surface area contributed by atoms with E-state index in [2.05, 4.69) is 36.3 Å².